The zero-order valence-electron chi connectivity index (χ0n) is 11.9. The third-order valence-electron chi connectivity index (χ3n) is 2.92. The van der Waals surface area contributed by atoms with Crippen LogP contribution in [0.15, 0.2) is 53.5 Å². The summed E-state index contributed by atoms with van der Waals surface area (Å²) < 4.78 is 25.2. The van der Waals surface area contributed by atoms with Crippen LogP contribution in [0.5, 0.6) is 0 Å². The van der Waals surface area contributed by atoms with Crippen LogP contribution in [-0.2, 0) is 9.84 Å². The van der Waals surface area contributed by atoms with Crippen LogP contribution in [0.4, 0.5) is 0 Å². The first-order valence-electron chi connectivity index (χ1n) is 6.44. The molecule has 1 atom stereocenters. The van der Waals surface area contributed by atoms with E-state index in [4.69, 9.17) is 0 Å². The fourth-order valence-electron chi connectivity index (χ4n) is 1.88. The number of benzene rings is 1. The minimum Gasteiger partial charge on any atom is -0.223 e. The van der Waals surface area contributed by atoms with E-state index in [1.54, 1.807) is 18.2 Å². The highest BCUT2D eigenvalue weighted by molar-refractivity contribution is 7.92. The predicted molar refractivity (Wildman–Crippen MR) is 81.0 cm³/mol. The Bertz CT molecular complexity index is 547. The van der Waals surface area contributed by atoms with Crippen molar-refractivity contribution in [2.45, 2.75) is 43.8 Å². The molecule has 0 aromatic heterocycles. The summed E-state index contributed by atoms with van der Waals surface area (Å²) in [4.78, 5) is 0.393. The molecule has 0 fully saturated rings. The molecule has 1 aromatic rings. The van der Waals surface area contributed by atoms with Crippen molar-refractivity contribution in [3.05, 3.63) is 54.1 Å². The molecule has 2 nitrogen and oxygen atoms in total. The summed E-state index contributed by atoms with van der Waals surface area (Å²) in [6.07, 6.45) is 4.86. The Hall–Kier alpha value is -1.35. The van der Waals surface area contributed by atoms with Crippen LogP contribution in [-0.4, -0.2) is 13.7 Å². The van der Waals surface area contributed by atoms with E-state index in [1.807, 2.05) is 39.0 Å². The van der Waals surface area contributed by atoms with Gasteiger partial charge in [-0.1, -0.05) is 35.4 Å². The van der Waals surface area contributed by atoms with Crippen molar-refractivity contribution in [1.29, 1.82) is 0 Å². The molecule has 0 heterocycles. The number of rotatable bonds is 6. The summed E-state index contributed by atoms with van der Waals surface area (Å²) in [6, 6.07) is 7.04. The Morgan fingerprint density at radius 1 is 1.26 bits per heavy atom. The van der Waals surface area contributed by atoms with Crippen molar-refractivity contribution < 1.29 is 8.42 Å². The van der Waals surface area contributed by atoms with E-state index in [1.165, 1.54) is 0 Å². The van der Waals surface area contributed by atoms with Gasteiger partial charge in [-0.25, -0.2) is 8.42 Å². The molecule has 0 saturated heterocycles. The Kier molecular flexibility index (Phi) is 5.55. The minimum absolute atomic E-state index is 0.393. The zero-order valence-corrected chi connectivity index (χ0v) is 12.7. The summed E-state index contributed by atoms with van der Waals surface area (Å²) in [5.41, 5.74) is 2.08. The van der Waals surface area contributed by atoms with Gasteiger partial charge >= 0.3 is 0 Å². The molecule has 0 aliphatic carbocycles. The maximum Gasteiger partial charge on any atom is 0.184 e. The molecule has 1 unspecified atom stereocenters. The van der Waals surface area contributed by atoms with Gasteiger partial charge in [-0.05, 0) is 45.7 Å². The van der Waals surface area contributed by atoms with Gasteiger partial charge in [-0.3, -0.25) is 0 Å². The van der Waals surface area contributed by atoms with E-state index >= 15 is 0 Å². The number of aryl methyl sites for hydroxylation is 1. The lowest BCUT2D eigenvalue weighted by Gasteiger charge is -2.14. The van der Waals surface area contributed by atoms with Crippen molar-refractivity contribution in [2.24, 2.45) is 0 Å². The fourth-order valence-corrected chi connectivity index (χ4v) is 3.65. The second-order valence-corrected chi connectivity index (χ2v) is 7.17. The highest BCUT2D eigenvalue weighted by atomic mass is 32.2. The van der Waals surface area contributed by atoms with Crippen LogP contribution in [0.3, 0.4) is 0 Å². The minimum atomic E-state index is -3.31. The molecule has 0 radical (unpaired) electrons. The van der Waals surface area contributed by atoms with Gasteiger partial charge in [-0.15, -0.1) is 6.58 Å². The first-order valence-corrected chi connectivity index (χ1v) is 7.99. The van der Waals surface area contributed by atoms with E-state index in [0.717, 1.165) is 11.1 Å². The van der Waals surface area contributed by atoms with E-state index in [9.17, 15) is 8.42 Å². The van der Waals surface area contributed by atoms with E-state index in [-0.39, 0.29) is 0 Å². The van der Waals surface area contributed by atoms with Crippen LogP contribution in [0, 0.1) is 6.92 Å². The molecule has 3 heteroatoms. The lowest BCUT2D eigenvalue weighted by molar-refractivity contribution is 0.584. The van der Waals surface area contributed by atoms with Crippen LogP contribution in [0.25, 0.3) is 0 Å². The Morgan fingerprint density at radius 2 is 1.84 bits per heavy atom. The number of allylic oxidation sites excluding steroid dienone is 2. The first kappa shape index (κ1) is 15.7. The standard InChI is InChI=1S/C16H22O2S/c1-5-6-7-16(12-13(2)3)19(17,18)15-10-8-14(4)9-11-15/h5,8-12,16H,1,6-7H2,2-4H3. The number of hydrogen-bond donors (Lipinski definition) is 0. The summed E-state index contributed by atoms with van der Waals surface area (Å²) in [7, 11) is -3.31. The summed E-state index contributed by atoms with van der Waals surface area (Å²) in [5, 5.41) is -0.474. The van der Waals surface area contributed by atoms with Crippen LogP contribution in [0.2, 0.25) is 0 Å². The number of hydrogen-bond acceptors (Lipinski definition) is 2. The Labute approximate surface area is 116 Å². The normalized spacial score (nSPS) is 12.8. The molecule has 0 aliphatic heterocycles. The van der Waals surface area contributed by atoms with Gasteiger partial charge in [0.05, 0.1) is 10.1 Å². The van der Waals surface area contributed by atoms with Crippen LogP contribution < -0.4 is 0 Å². The van der Waals surface area contributed by atoms with Gasteiger partial charge in [0.25, 0.3) is 0 Å². The largest absolute Gasteiger partial charge is 0.223 e. The van der Waals surface area contributed by atoms with Gasteiger partial charge in [0.1, 0.15) is 0 Å². The summed E-state index contributed by atoms with van der Waals surface area (Å²) in [5.74, 6) is 0. The van der Waals surface area contributed by atoms with Crippen molar-refractivity contribution >= 4 is 9.84 Å². The van der Waals surface area contributed by atoms with Crippen molar-refractivity contribution in [1.82, 2.24) is 0 Å². The SMILES string of the molecule is C=CCCC(C=C(C)C)S(=O)(=O)c1ccc(C)cc1. The molecule has 1 aromatic carbocycles. The van der Waals surface area contributed by atoms with E-state index < -0.39 is 15.1 Å². The fraction of sp³-hybridized carbons (Fsp3) is 0.375. The molecule has 1 rings (SSSR count). The van der Waals surface area contributed by atoms with Crippen LogP contribution >= 0.6 is 0 Å². The van der Waals surface area contributed by atoms with Crippen LogP contribution in [0.1, 0.15) is 32.3 Å². The molecule has 0 N–H and O–H groups in total. The molecule has 0 bridgehead atoms. The lowest BCUT2D eigenvalue weighted by Crippen LogP contribution is -2.19. The highest BCUT2D eigenvalue weighted by Crippen LogP contribution is 2.22. The maximum absolute atomic E-state index is 12.6. The predicted octanol–water partition coefficient (Wildman–Crippen LogP) is 4.07. The average Bonchev–Trinajstić information content (AvgIpc) is 2.34. The molecule has 19 heavy (non-hydrogen) atoms. The second kappa shape index (κ2) is 6.71. The summed E-state index contributed by atoms with van der Waals surface area (Å²) in [6.45, 7) is 9.45. The second-order valence-electron chi connectivity index (χ2n) is 5.01. The van der Waals surface area contributed by atoms with Crippen molar-refractivity contribution in [3.63, 3.8) is 0 Å². The molecular formula is C16H22O2S. The van der Waals surface area contributed by atoms with Gasteiger partial charge < -0.3 is 0 Å². The highest BCUT2D eigenvalue weighted by Gasteiger charge is 2.24. The van der Waals surface area contributed by atoms with Gasteiger partial charge in [-0.2, -0.15) is 0 Å². The zero-order chi connectivity index (χ0) is 14.5. The lowest BCUT2D eigenvalue weighted by atomic mass is 10.2. The third kappa shape index (κ3) is 4.35. The van der Waals surface area contributed by atoms with Gasteiger partial charge in [0, 0.05) is 0 Å². The molecule has 0 spiro atoms. The van der Waals surface area contributed by atoms with E-state index in [2.05, 4.69) is 6.58 Å². The van der Waals surface area contributed by atoms with Crippen molar-refractivity contribution in [2.75, 3.05) is 0 Å². The Morgan fingerprint density at radius 3 is 2.32 bits per heavy atom. The third-order valence-corrected chi connectivity index (χ3v) is 5.02. The summed E-state index contributed by atoms with van der Waals surface area (Å²) >= 11 is 0. The maximum atomic E-state index is 12.6. The topological polar surface area (TPSA) is 34.1 Å². The molecule has 0 aliphatic rings. The van der Waals surface area contributed by atoms with Crippen molar-refractivity contribution in [3.8, 4) is 0 Å². The quantitative estimate of drug-likeness (QED) is 0.735. The number of sulfone groups is 1. The monoisotopic (exact) mass is 278 g/mol. The molecule has 0 saturated carbocycles. The molecule has 0 amide bonds. The first-order chi connectivity index (χ1) is 8.87. The average molecular weight is 278 g/mol. The van der Waals surface area contributed by atoms with Gasteiger partial charge in [0.15, 0.2) is 9.84 Å². The smallest absolute Gasteiger partial charge is 0.184 e. The Balaban J connectivity index is 3.15. The molecular weight excluding hydrogens is 256 g/mol. The molecule has 104 valence electrons. The van der Waals surface area contributed by atoms with E-state index in [0.29, 0.717) is 17.7 Å². The van der Waals surface area contributed by atoms with Gasteiger partial charge in [0.2, 0.25) is 0 Å².